The minimum absolute atomic E-state index is 0.105. The highest BCUT2D eigenvalue weighted by molar-refractivity contribution is 5.67. The fourth-order valence-corrected chi connectivity index (χ4v) is 1.57. The van der Waals surface area contributed by atoms with Gasteiger partial charge in [-0.3, -0.25) is 0 Å². The molecule has 0 aliphatic carbocycles. The van der Waals surface area contributed by atoms with Crippen molar-refractivity contribution in [2.45, 2.75) is 32.9 Å². The summed E-state index contributed by atoms with van der Waals surface area (Å²) in [6.45, 7) is 4.33. The maximum atomic E-state index is 11.6. The van der Waals surface area contributed by atoms with Crippen LogP contribution in [0.15, 0.2) is 24.3 Å². The molecule has 0 atom stereocenters. The van der Waals surface area contributed by atoms with Crippen molar-refractivity contribution in [1.29, 1.82) is 0 Å². The van der Waals surface area contributed by atoms with E-state index in [4.69, 9.17) is 9.84 Å². The number of rotatable bonds is 5. The Morgan fingerprint density at radius 1 is 1.28 bits per heavy atom. The summed E-state index contributed by atoms with van der Waals surface area (Å²) in [4.78, 5) is 13.1. The smallest absolute Gasteiger partial charge is 0.410 e. The van der Waals surface area contributed by atoms with Crippen LogP contribution in [0.2, 0.25) is 0 Å². The zero-order chi connectivity index (χ0) is 13.5. The predicted molar refractivity (Wildman–Crippen MR) is 70.3 cm³/mol. The van der Waals surface area contributed by atoms with Crippen LogP contribution in [0.25, 0.3) is 0 Å². The molecule has 0 bridgehead atoms. The predicted octanol–water partition coefficient (Wildman–Crippen LogP) is 2.20. The van der Waals surface area contributed by atoms with Crippen molar-refractivity contribution >= 4 is 6.09 Å². The molecule has 0 aromatic heterocycles. The van der Waals surface area contributed by atoms with Crippen LogP contribution < -0.4 is 0 Å². The van der Waals surface area contributed by atoms with E-state index in [1.54, 1.807) is 11.9 Å². The molecule has 0 heterocycles. The lowest BCUT2D eigenvalue weighted by Crippen LogP contribution is -2.29. The Morgan fingerprint density at radius 2 is 1.83 bits per heavy atom. The number of hydrogen-bond donors (Lipinski definition) is 1. The van der Waals surface area contributed by atoms with Gasteiger partial charge in [-0.2, -0.15) is 0 Å². The first-order chi connectivity index (χ1) is 8.52. The van der Waals surface area contributed by atoms with Gasteiger partial charge in [-0.1, -0.05) is 24.3 Å². The highest BCUT2D eigenvalue weighted by atomic mass is 16.6. The third-order valence-electron chi connectivity index (χ3n) is 2.49. The van der Waals surface area contributed by atoms with E-state index in [9.17, 15) is 4.79 Å². The van der Waals surface area contributed by atoms with Crippen LogP contribution in [0.3, 0.4) is 0 Å². The average Bonchev–Trinajstić information content (AvgIpc) is 2.31. The largest absolute Gasteiger partial charge is 0.447 e. The Bertz CT molecular complexity index is 373. The van der Waals surface area contributed by atoms with Crippen LogP contribution in [0, 0.1) is 0 Å². The molecule has 0 saturated carbocycles. The SMILES string of the molecule is CC(C)OC(=O)N(C)Cc1ccc(CCO)cc1. The van der Waals surface area contributed by atoms with Crippen LogP contribution >= 0.6 is 0 Å². The number of ether oxygens (including phenoxy) is 1. The molecule has 0 radical (unpaired) electrons. The highest BCUT2D eigenvalue weighted by Gasteiger charge is 2.11. The van der Waals surface area contributed by atoms with Gasteiger partial charge in [0.05, 0.1) is 6.10 Å². The molecule has 0 aliphatic rings. The van der Waals surface area contributed by atoms with Crippen LogP contribution in [0.4, 0.5) is 4.79 Å². The van der Waals surface area contributed by atoms with Crippen molar-refractivity contribution in [1.82, 2.24) is 4.90 Å². The second-order valence-corrected chi connectivity index (χ2v) is 4.58. The molecule has 1 aromatic carbocycles. The van der Waals surface area contributed by atoms with Gasteiger partial charge in [0, 0.05) is 20.2 Å². The van der Waals surface area contributed by atoms with Crippen molar-refractivity contribution in [3.05, 3.63) is 35.4 Å². The molecule has 0 fully saturated rings. The summed E-state index contributed by atoms with van der Waals surface area (Å²) in [5, 5.41) is 8.82. The van der Waals surface area contributed by atoms with Crippen LogP contribution in [-0.4, -0.2) is 35.9 Å². The first kappa shape index (κ1) is 14.5. The van der Waals surface area contributed by atoms with Crippen molar-refractivity contribution in [2.24, 2.45) is 0 Å². The molecule has 4 nitrogen and oxygen atoms in total. The number of amides is 1. The summed E-state index contributed by atoms with van der Waals surface area (Å²) in [6, 6.07) is 7.86. The molecule has 1 aromatic rings. The lowest BCUT2D eigenvalue weighted by atomic mass is 10.1. The first-order valence-corrected chi connectivity index (χ1v) is 6.13. The van der Waals surface area contributed by atoms with E-state index in [-0.39, 0.29) is 18.8 Å². The lowest BCUT2D eigenvalue weighted by Gasteiger charge is -2.18. The Balaban J connectivity index is 2.53. The summed E-state index contributed by atoms with van der Waals surface area (Å²) < 4.78 is 5.10. The minimum atomic E-state index is -0.315. The molecule has 100 valence electrons. The van der Waals surface area contributed by atoms with Crippen LogP contribution in [-0.2, 0) is 17.7 Å². The van der Waals surface area contributed by atoms with E-state index in [0.717, 1.165) is 11.1 Å². The van der Waals surface area contributed by atoms with E-state index >= 15 is 0 Å². The molecule has 1 amide bonds. The minimum Gasteiger partial charge on any atom is -0.447 e. The van der Waals surface area contributed by atoms with E-state index in [0.29, 0.717) is 13.0 Å². The van der Waals surface area contributed by atoms with Crippen LogP contribution in [0.5, 0.6) is 0 Å². The lowest BCUT2D eigenvalue weighted by molar-refractivity contribution is 0.0822. The number of nitrogens with zero attached hydrogens (tertiary/aromatic N) is 1. The summed E-state index contributed by atoms with van der Waals surface area (Å²) in [5.74, 6) is 0. The number of aliphatic hydroxyl groups is 1. The van der Waals surface area contributed by atoms with Gasteiger partial charge in [0.1, 0.15) is 0 Å². The summed E-state index contributed by atoms with van der Waals surface area (Å²) in [7, 11) is 1.71. The second-order valence-electron chi connectivity index (χ2n) is 4.58. The van der Waals surface area contributed by atoms with E-state index in [1.165, 1.54) is 0 Å². The molecule has 1 N–H and O–H groups in total. The molecule has 18 heavy (non-hydrogen) atoms. The van der Waals surface area contributed by atoms with Crippen molar-refractivity contribution in [3.63, 3.8) is 0 Å². The number of benzene rings is 1. The highest BCUT2D eigenvalue weighted by Crippen LogP contribution is 2.08. The van der Waals surface area contributed by atoms with Gasteiger partial charge in [0.15, 0.2) is 0 Å². The summed E-state index contributed by atoms with van der Waals surface area (Å²) in [5.41, 5.74) is 2.13. The Labute approximate surface area is 108 Å². The van der Waals surface area contributed by atoms with Gasteiger partial charge in [0.25, 0.3) is 0 Å². The number of carbonyl (C=O) groups is 1. The maximum Gasteiger partial charge on any atom is 0.410 e. The molecule has 0 unspecified atom stereocenters. The normalized spacial score (nSPS) is 10.5. The van der Waals surface area contributed by atoms with E-state index in [2.05, 4.69) is 0 Å². The third kappa shape index (κ3) is 4.75. The molecule has 0 saturated heterocycles. The fourth-order valence-electron chi connectivity index (χ4n) is 1.57. The quantitative estimate of drug-likeness (QED) is 0.872. The zero-order valence-electron chi connectivity index (χ0n) is 11.2. The monoisotopic (exact) mass is 251 g/mol. The topological polar surface area (TPSA) is 49.8 Å². The van der Waals surface area contributed by atoms with E-state index in [1.807, 2.05) is 38.1 Å². The van der Waals surface area contributed by atoms with Crippen molar-refractivity contribution in [2.75, 3.05) is 13.7 Å². The number of hydrogen-bond acceptors (Lipinski definition) is 3. The van der Waals surface area contributed by atoms with Gasteiger partial charge in [0.2, 0.25) is 0 Å². The summed E-state index contributed by atoms with van der Waals surface area (Å²) >= 11 is 0. The first-order valence-electron chi connectivity index (χ1n) is 6.13. The van der Waals surface area contributed by atoms with Gasteiger partial charge in [-0.25, -0.2) is 4.79 Å². The molecule has 1 rings (SSSR count). The van der Waals surface area contributed by atoms with Crippen molar-refractivity contribution < 1.29 is 14.6 Å². The number of carbonyl (C=O) groups excluding carboxylic acids is 1. The zero-order valence-corrected chi connectivity index (χ0v) is 11.2. The number of aliphatic hydroxyl groups excluding tert-OH is 1. The second kappa shape index (κ2) is 7.01. The third-order valence-corrected chi connectivity index (χ3v) is 2.49. The molecular formula is C14H21NO3. The molecular weight excluding hydrogens is 230 g/mol. The Hall–Kier alpha value is -1.55. The van der Waals surface area contributed by atoms with E-state index < -0.39 is 0 Å². The van der Waals surface area contributed by atoms with Gasteiger partial charge in [-0.05, 0) is 31.4 Å². The van der Waals surface area contributed by atoms with Crippen LogP contribution in [0.1, 0.15) is 25.0 Å². The molecule has 0 aliphatic heterocycles. The molecule has 0 spiro atoms. The van der Waals surface area contributed by atoms with Gasteiger partial charge in [-0.15, -0.1) is 0 Å². The molecule has 4 heteroatoms. The fraction of sp³-hybridized carbons (Fsp3) is 0.500. The maximum absolute atomic E-state index is 11.6. The standard InChI is InChI=1S/C14H21NO3/c1-11(2)18-14(17)15(3)10-13-6-4-12(5-7-13)8-9-16/h4-7,11,16H,8-10H2,1-3H3. The van der Waals surface area contributed by atoms with Gasteiger partial charge < -0.3 is 14.7 Å². The summed E-state index contributed by atoms with van der Waals surface area (Å²) in [6.07, 6.45) is 0.238. The Kier molecular flexibility index (Phi) is 5.65. The van der Waals surface area contributed by atoms with Gasteiger partial charge >= 0.3 is 6.09 Å². The average molecular weight is 251 g/mol. The van der Waals surface area contributed by atoms with Crippen molar-refractivity contribution in [3.8, 4) is 0 Å². The Morgan fingerprint density at radius 3 is 2.33 bits per heavy atom.